The molecule has 2 N–H and O–H groups in total. The highest BCUT2D eigenvalue weighted by atomic mass is 16.5. The first kappa shape index (κ1) is 12.1. The maximum atomic E-state index is 6.15. The van der Waals surface area contributed by atoms with Crippen LogP contribution in [-0.2, 0) is 0 Å². The minimum atomic E-state index is 0.549. The van der Waals surface area contributed by atoms with Gasteiger partial charge in [-0.05, 0) is 37.8 Å². The molecule has 1 aliphatic rings. The van der Waals surface area contributed by atoms with Crippen molar-refractivity contribution in [3.05, 3.63) is 18.2 Å². The van der Waals surface area contributed by atoms with Gasteiger partial charge < -0.3 is 15.4 Å². The average molecular weight is 234 g/mol. The van der Waals surface area contributed by atoms with Gasteiger partial charge in [-0.2, -0.15) is 0 Å². The molecule has 2 rings (SSSR count). The number of benzene rings is 1. The smallest absolute Gasteiger partial charge is 0.143 e. The summed E-state index contributed by atoms with van der Waals surface area (Å²) in [5.41, 5.74) is 8.03. The number of anilines is 2. The molecule has 0 spiro atoms. The zero-order chi connectivity index (χ0) is 12.4. The molecule has 2 unspecified atom stereocenters. The normalized spacial score (nSPS) is 24.8. The van der Waals surface area contributed by atoms with E-state index in [-0.39, 0.29) is 0 Å². The number of nitrogen functional groups attached to an aromatic ring is 1. The summed E-state index contributed by atoms with van der Waals surface area (Å²) in [6.45, 7) is 5.68. The van der Waals surface area contributed by atoms with Crippen LogP contribution in [0.1, 0.15) is 26.7 Å². The maximum absolute atomic E-state index is 6.15. The Hall–Kier alpha value is -1.38. The number of hydrogen-bond donors (Lipinski definition) is 1. The van der Waals surface area contributed by atoms with E-state index >= 15 is 0 Å². The number of hydrogen-bond acceptors (Lipinski definition) is 3. The van der Waals surface area contributed by atoms with Crippen LogP contribution in [0.3, 0.4) is 0 Å². The van der Waals surface area contributed by atoms with Gasteiger partial charge in [0.05, 0.1) is 18.5 Å². The van der Waals surface area contributed by atoms with Gasteiger partial charge in [-0.3, -0.25) is 0 Å². The van der Waals surface area contributed by atoms with Crippen LogP contribution in [0.4, 0.5) is 11.4 Å². The van der Waals surface area contributed by atoms with Gasteiger partial charge in [0.25, 0.3) is 0 Å². The van der Waals surface area contributed by atoms with Crippen molar-refractivity contribution in [3.63, 3.8) is 0 Å². The zero-order valence-electron chi connectivity index (χ0n) is 10.9. The predicted molar refractivity (Wildman–Crippen MR) is 72.6 cm³/mol. The summed E-state index contributed by atoms with van der Waals surface area (Å²) in [7, 11) is 1.66. The van der Waals surface area contributed by atoms with Gasteiger partial charge >= 0.3 is 0 Å². The van der Waals surface area contributed by atoms with Gasteiger partial charge in [0.2, 0.25) is 0 Å². The average Bonchev–Trinajstić information content (AvgIpc) is 2.30. The lowest BCUT2D eigenvalue weighted by Gasteiger charge is -2.39. The van der Waals surface area contributed by atoms with Gasteiger partial charge in [0, 0.05) is 12.6 Å². The summed E-state index contributed by atoms with van der Waals surface area (Å²) < 4.78 is 5.28. The van der Waals surface area contributed by atoms with Crippen LogP contribution in [-0.4, -0.2) is 19.7 Å². The molecule has 1 heterocycles. The highest BCUT2D eigenvalue weighted by Gasteiger charge is 2.24. The third-order valence-electron chi connectivity index (χ3n) is 3.71. The number of piperidine rings is 1. The molecule has 17 heavy (non-hydrogen) atoms. The van der Waals surface area contributed by atoms with Gasteiger partial charge in [-0.15, -0.1) is 0 Å². The lowest BCUT2D eigenvalue weighted by Crippen LogP contribution is -2.40. The molecule has 0 amide bonds. The molecule has 2 atom stereocenters. The van der Waals surface area contributed by atoms with E-state index in [4.69, 9.17) is 10.5 Å². The van der Waals surface area contributed by atoms with Crippen LogP contribution in [0.15, 0.2) is 18.2 Å². The summed E-state index contributed by atoms with van der Waals surface area (Å²) in [5, 5.41) is 0. The lowest BCUT2D eigenvalue weighted by molar-refractivity contribution is 0.377. The molecule has 1 aromatic rings. The zero-order valence-corrected chi connectivity index (χ0v) is 10.9. The van der Waals surface area contributed by atoms with Crippen molar-refractivity contribution >= 4 is 11.4 Å². The standard InChI is InChI=1S/C14H22N2O/c1-10-7-8-16(11(2)9-10)12-5-4-6-13(17-3)14(12)15/h4-6,10-11H,7-9,15H2,1-3H3. The Kier molecular flexibility index (Phi) is 3.46. The molecule has 1 aromatic carbocycles. The fourth-order valence-corrected chi connectivity index (χ4v) is 2.73. The lowest BCUT2D eigenvalue weighted by atomic mass is 9.93. The van der Waals surface area contributed by atoms with Crippen LogP contribution in [0.5, 0.6) is 5.75 Å². The minimum Gasteiger partial charge on any atom is -0.495 e. The number of ether oxygens (including phenoxy) is 1. The highest BCUT2D eigenvalue weighted by Crippen LogP contribution is 2.36. The van der Waals surface area contributed by atoms with E-state index in [2.05, 4.69) is 24.8 Å². The molecule has 0 aliphatic carbocycles. The molecule has 0 saturated carbocycles. The molecule has 1 saturated heterocycles. The van der Waals surface area contributed by atoms with Gasteiger partial charge in [-0.25, -0.2) is 0 Å². The van der Waals surface area contributed by atoms with Crippen molar-refractivity contribution in [1.82, 2.24) is 0 Å². The maximum Gasteiger partial charge on any atom is 0.143 e. The summed E-state index contributed by atoms with van der Waals surface area (Å²) in [6, 6.07) is 6.56. The third kappa shape index (κ3) is 2.33. The van der Waals surface area contributed by atoms with E-state index in [1.54, 1.807) is 7.11 Å². The number of nitrogens with zero attached hydrogens (tertiary/aromatic N) is 1. The number of nitrogens with two attached hydrogens (primary N) is 1. The molecule has 3 nitrogen and oxygen atoms in total. The first-order valence-electron chi connectivity index (χ1n) is 6.32. The van der Waals surface area contributed by atoms with Crippen molar-refractivity contribution in [1.29, 1.82) is 0 Å². The second-order valence-electron chi connectivity index (χ2n) is 5.07. The molecule has 1 aliphatic heterocycles. The summed E-state index contributed by atoms with van der Waals surface area (Å²) >= 11 is 0. The molecular formula is C14H22N2O. The number of rotatable bonds is 2. The largest absolute Gasteiger partial charge is 0.495 e. The molecule has 1 fully saturated rings. The molecular weight excluding hydrogens is 212 g/mol. The summed E-state index contributed by atoms with van der Waals surface area (Å²) in [6.07, 6.45) is 2.47. The Bertz CT molecular complexity index is 392. The topological polar surface area (TPSA) is 38.5 Å². The summed E-state index contributed by atoms with van der Waals surface area (Å²) in [4.78, 5) is 2.40. The van der Waals surface area contributed by atoms with Crippen molar-refractivity contribution in [2.24, 2.45) is 5.92 Å². The number of methoxy groups -OCH3 is 1. The minimum absolute atomic E-state index is 0.549. The van der Waals surface area contributed by atoms with Crippen LogP contribution < -0.4 is 15.4 Å². The van der Waals surface area contributed by atoms with E-state index in [0.717, 1.165) is 29.6 Å². The first-order valence-corrected chi connectivity index (χ1v) is 6.32. The van der Waals surface area contributed by atoms with Crippen LogP contribution in [0.25, 0.3) is 0 Å². The summed E-state index contributed by atoms with van der Waals surface area (Å²) in [5.74, 6) is 1.58. The van der Waals surface area contributed by atoms with Crippen molar-refractivity contribution < 1.29 is 4.74 Å². The molecule has 0 bridgehead atoms. The van der Waals surface area contributed by atoms with Crippen LogP contribution in [0.2, 0.25) is 0 Å². The van der Waals surface area contributed by atoms with Gasteiger partial charge in [-0.1, -0.05) is 13.0 Å². The number of para-hydroxylation sites is 1. The Morgan fingerprint density at radius 2 is 2.12 bits per heavy atom. The van der Waals surface area contributed by atoms with Crippen LogP contribution in [0, 0.1) is 5.92 Å². The predicted octanol–water partition coefficient (Wildman–Crippen LogP) is 2.90. The van der Waals surface area contributed by atoms with E-state index < -0.39 is 0 Å². The SMILES string of the molecule is COc1cccc(N2CCC(C)CC2C)c1N. The van der Waals surface area contributed by atoms with E-state index in [1.807, 2.05) is 12.1 Å². The highest BCUT2D eigenvalue weighted by molar-refractivity contribution is 5.74. The molecule has 94 valence electrons. The molecule has 3 heteroatoms. The van der Waals surface area contributed by atoms with Crippen molar-refractivity contribution in [2.75, 3.05) is 24.3 Å². The Morgan fingerprint density at radius 1 is 1.35 bits per heavy atom. The first-order chi connectivity index (χ1) is 8.13. The monoisotopic (exact) mass is 234 g/mol. The quantitative estimate of drug-likeness (QED) is 0.800. The Morgan fingerprint density at radius 3 is 2.76 bits per heavy atom. The Labute approximate surface area is 104 Å². The van der Waals surface area contributed by atoms with Gasteiger partial charge in [0.1, 0.15) is 5.75 Å². The molecule has 0 radical (unpaired) electrons. The fourth-order valence-electron chi connectivity index (χ4n) is 2.73. The van der Waals surface area contributed by atoms with E-state index in [0.29, 0.717) is 6.04 Å². The third-order valence-corrected chi connectivity index (χ3v) is 3.71. The second kappa shape index (κ2) is 4.86. The van der Waals surface area contributed by atoms with E-state index in [9.17, 15) is 0 Å². The second-order valence-corrected chi connectivity index (χ2v) is 5.07. The van der Waals surface area contributed by atoms with Crippen molar-refractivity contribution in [3.8, 4) is 5.75 Å². The van der Waals surface area contributed by atoms with Crippen molar-refractivity contribution in [2.45, 2.75) is 32.7 Å². The Balaban J connectivity index is 2.28. The van der Waals surface area contributed by atoms with Crippen LogP contribution >= 0.6 is 0 Å². The van der Waals surface area contributed by atoms with Gasteiger partial charge in [0.15, 0.2) is 0 Å². The molecule has 0 aromatic heterocycles. The fraction of sp³-hybridized carbons (Fsp3) is 0.571. The van der Waals surface area contributed by atoms with E-state index in [1.165, 1.54) is 12.8 Å².